The Morgan fingerprint density at radius 2 is 1.90 bits per heavy atom. The Kier molecular flexibility index (Phi) is 6.03. The van der Waals surface area contributed by atoms with Crippen molar-refractivity contribution in [1.29, 1.82) is 0 Å². The van der Waals surface area contributed by atoms with Crippen molar-refractivity contribution in [2.45, 2.75) is 19.8 Å². The molecule has 0 fully saturated rings. The van der Waals surface area contributed by atoms with Crippen LogP contribution in [0.3, 0.4) is 0 Å². The van der Waals surface area contributed by atoms with E-state index in [0.29, 0.717) is 23.1 Å². The lowest BCUT2D eigenvalue weighted by atomic mass is 9.96. The highest BCUT2D eigenvalue weighted by molar-refractivity contribution is 6.39. The number of halogens is 2. The lowest BCUT2D eigenvalue weighted by molar-refractivity contribution is -0.139. The van der Waals surface area contributed by atoms with Crippen molar-refractivity contribution in [3.63, 3.8) is 0 Å². The minimum atomic E-state index is -0.329. The number of carbonyl (C=O) groups is 2. The van der Waals surface area contributed by atoms with Gasteiger partial charge in [0.15, 0.2) is 0 Å². The SMILES string of the molecule is COC(=O)Cc1cnn2ccc(-c3c(Cl)cc(C4=CCN(C(C)=O)CC4)cc3Cl)cc12. The second-order valence-corrected chi connectivity index (χ2v) is 8.24. The molecule has 8 heteroatoms. The predicted octanol–water partition coefficient (Wildman–Crippen LogP) is 4.66. The van der Waals surface area contributed by atoms with Crippen molar-refractivity contribution >= 4 is 46.2 Å². The van der Waals surface area contributed by atoms with Crippen LogP contribution in [0.4, 0.5) is 0 Å². The molecule has 6 nitrogen and oxygen atoms in total. The van der Waals surface area contributed by atoms with Crippen LogP contribution in [0.5, 0.6) is 0 Å². The standard InChI is InChI=1S/C23H21Cl2N3O3/c1-14(29)27-6-3-15(4-7-27)17-9-19(24)23(20(25)10-17)16-5-8-28-21(11-16)18(13-26-28)12-22(30)31-2/h3,5,8-11,13H,4,6-7,12H2,1-2H3. The Hall–Kier alpha value is -2.83. The quantitative estimate of drug-likeness (QED) is 0.534. The molecule has 0 bridgehead atoms. The van der Waals surface area contributed by atoms with Crippen LogP contribution < -0.4 is 0 Å². The Labute approximate surface area is 190 Å². The molecule has 4 rings (SSSR count). The lowest BCUT2D eigenvalue weighted by Gasteiger charge is -2.25. The van der Waals surface area contributed by atoms with Gasteiger partial charge in [0, 0.05) is 37.3 Å². The Morgan fingerprint density at radius 3 is 2.52 bits per heavy atom. The molecular weight excluding hydrogens is 437 g/mol. The number of carbonyl (C=O) groups excluding carboxylic acids is 2. The van der Waals surface area contributed by atoms with Gasteiger partial charge >= 0.3 is 5.97 Å². The minimum absolute atomic E-state index is 0.0727. The highest BCUT2D eigenvalue weighted by Crippen LogP contribution is 2.39. The number of fused-ring (bicyclic) bond motifs is 1. The molecule has 0 atom stereocenters. The fourth-order valence-corrected chi connectivity index (χ4v) is 4.51. The highest BCUT2D eigenvalue weighted by Gasteiger charge is 2.18. The maximum Gasteiger partial charge on any atom is 0.310 e. The topological polar surface area (TPSA) is 63.9 Å². The van der Waals surface area contributed by atoms with E-state index in [9.17, 15) is 9.59 Å². The molecule has 1 aliphatic rings. The van der Waals surface area contributed by atoms with Crippen molar-refractivity contribution < 1.29 is 14.3 Å². The Morgan fingerprint density at radius 1 is 1.16 bits per heavy atom. The molecule has 1 amide bonds. The van der Waals surface area contributed by atoms with E-state index >= 15 is 0 Å². The average molecular weight is 458 g/mol. The van der Waals surface area contributed by atoms with E-state index in [1.165, 1.54) is 7.11 Å². The first kappa shape index (κ1) is 21.4. The molecule has 1 aromatic carbocycles. The van der Waals surface area contributed by atoms with E-state index < -0.39 is 0 Å². The molecule has 1 aliphatic heterocycles. The van der Waals surface area contributed by atoms with E-state index in [4.69, 9.17) is 27.9 Å². The second-order valence-electron chi connectivity index (χ2n) is 7.43. The summed E-state index contributed by atoms with van der Waals surface area (Å²) in [4.78, 5) is 25.1. The lowest BCUT2D eigenvalue weighted by Crippen LogP contribution is -2.32. The number of ether oxygens (including phenoxy) is 1. The molecule has 0 N–H and O–H groups in total. The van der Waals surface area contributed by atoms with Gasteiger partial charge in [-0.15, -0.1) is 0 Å². The van der Waals surface area contributed by atoms with Crippen LogP contribution in [-0.2, 0) is 20.7 Å². The van der Waals surface area contributed by atoms with E-state index in [-0.39, 0.29) is 18.3 Å². The summed E-state index contributed by atoms with van der Waals surface area (Å²) in [6.45, 7) is 2.84. The maximum absolute atomic E-state index is 11.7. The van der Waals surface area contributed by atoms with Crippen LogP contribution in [0, 0.1) is 0 Å². The molecule has 0 saturated carbocycles. The van der Waals surface area contributed by atoms with Crippen molar-refractivity contribution in [3.05, 3.63) is 63.9 Å². The van der Waals surface area contributed by atoms with Crippen molar-refractivity contribution in [2.75, 3.05) is 20.2 Å². The minimum Gasteiger partial charge on any atom is -0.469 e. The van der Waals surface area contributed by atoms with Crippen LogP contribution in [-0.4, -0.2) is 46.6 Å². The summed E-state index contributed by atoms with van der Waals surface area (Å²) in [5.74, 6) is -0.256. The Bertz CT molecular complexity index is 1190. The van der Waals surface area contributed by atoms with Crippen LogP contribution in [0.15, 0.2) is 42.7 Å². The highest BCUT2D eigenvalue weighted by atomic mass is 35.5. The first-order chi connectivity index (χ1) is 14.9. The summed E-state index contributed by atoms with van der Waals surface area (Å²) in [6, 6.07) is 7.63. The third kappa shape index (κ3) is 4.31. The van der Waals surface area contributed by atoms with Gasteiger partial charge in [0.05, 0.1) is 35.3 Å². The van der Waals surface area contributed by atoms with E-state index in [1.54, 1.807) is 22.5 Å². The zero-order valence-electron chi connectivity index (χ0n) is 17.2. The third-order valence-electron chi connectivity index (χ3n) is 5.52. The molecule has 3 heterocycles. The number of benzene rings is 1. The Balaban J connectivity index is 1.69. The zero-order chi connectivity index (χ0) is 22.1. The maximum atomic E-state index is 11.7. The van der Waals surface area contributed by atoms with Gasteiger partial charge in [-0.25, -0.2) is 4.52 Å². The molecule has 0 saturated heterocycles. The summed E-state index contributed by atoms with van der Waals surface area (Å²) in [5.41, 5.74) is 5.19. The normalized spacial score (nSPS) is 13.9. The number of esters is 1. The molecule has 0 unspecified atom stereocenters. The van der Waals surface area contributed by atoms with E-state index in [1.807, 2.05) is 36.5 Å². The molecule has 160 valence electrons. The molecule has 3 aromatic rings. The summed E-state index contributed by atoms with van der Waals surface area (Å²) < 4.78 is 6.47. The van der Waals surface area contributed by atoms with Crippen molar-refractivity contribution in [2.24, 2.45) is 0 Å². The van der Waals surface area contributed by atoms with E-state index in [0.717, 1.165) is 39.8 Å². The number of methoxy groups -OCH3 is 1. The number of hydrogen-bond acceptors (Lipinski definition) is 4. The second kappa shape index (κ2) is 8.73. The van der Waals surface area contributed by atoms with Gasteiger partial charge in [0.2, 0.25) is 5.91 Å². The monoisotopic (exact) mass is 457 g/mol. The van der Waals surface area contributed by atoms with Crippen LogP contribution in [0.2, 0.25) is 10.0 Å². The third-order valence-corrected chi connectivity index (χ3v) is 6.12. The van der Waals surface area contributed by atoms with Gasteiger partial charge in [-0.2, -0.15) is 5.10 Å². The van der Waals surface area contributed by atoms with Crippen molar-refractivity contribution in [3.8, 4) is 11.1 Å². The van der Waals surface area contributed by atoms with Gasteiger partial charge in [-0.3, -0.25) is 9.59 Å². The van der Waals surface area contributed by atoms with Gasteiger partial charge in [0.25, 0.3) is 0 Å². The smallest absolute Gasteiger partial charge is 0.310 e. The largest absolute Gasteiger partial charge is 0.469 e. The number of aromatic nitrogens is 2. The number of pyridine rings is 1. The number of hydrogen-bond donors (Lipinski definition) is 0. The molecule has 0 radical (unpaired) electrons. The number of nitrogens with zero attached hydrogens (tertiary/aromatic N) is 3. The first-order valence-corrected chi connectivity index (χ1v) is 10.6. The fraction of sp³-hybridized carbons (Fsp3) is 0.261. The van der Waals surface area contributed by atoms with Crippen molar-refractivity contribution in [1.82, 2.24) is 14.5 Å². The predicted molar refractivity (Wildman–Crippen MR) is 121 cm³/mol. The number of rotatable bonds is 4. The van der Waals surface area contributed by atoms with Crippen LogP contribution in [0.1, 0.15) is 24.5 Å². The van der Waals surface area contributed by atoms with Gasteiger partial charge in [-0.05, 0) is 47.4 Å². The van der Waals surface area contributed by atoms with Crippen LogP contribution >= 0.6 is 23.2 Å². The fourth-order valence-electron chi connectivity index (χ4n) is 3.80. The summed E-state index contributed by atoms with van der Waals surface area (Å²) in [7, 11) is 1.36. The molecule has 0 spiro atoms. The summed E-state index contributed by atoms with van der Waals surface area (Å²) >= 11 is 13.3. The number of amides is 1. The molecule has 0 aliphatic carbocycles. The molecule has 31 heavy (non-hydrogen) atoms. The summed E-state index contributed by atoms with van der Waals surface area (Å²) in [5, 5.41) is 5.36. The molecular formula is C23H21Cl2N3O3. The van der Waals surface area contributed by atoms with Gasteiger partial charge in [-0.1, -0.05) is 29.3 Å². The molecule has 2 aromatic heterocycles. The zero-order valence-corrected chi connectivity index (χ0v) is 18.7. The average Bonchev–Trinajstić information content (AvgIpc) is 3.15. The van der Waals surface area contributed by atoms with E-state index in [2.05, 4.69) is 5.10 Å². The summed E-state index contributed by atoms with van der Waals surface area (Å²) in [6.07, 6.45) is 6.40. The van der Waals surface area contributed by atoms with Crippen LogP contribution in [0.25, 0.3) is 22.2 Å². The van der Waals surface area contributed by atoms with Gasteiger partial charge in [0.1, 0.15) is 0 Å². The van der Waals surface area contributed by atoms with Gasteiger partial charge < -0.3 is 9.64 Å². The first-order valence-electron chi connectivity index (χ1n) is 9.84.